The molecule has 1 aliphatic rings. The van der Waals surface area contributed by atoms with Crippen LogP contribution in [0.3, 0.4) is 0 Å². The number of rotatable bonds is 3. The van der Waals surface area contributed by atoms with Gasteiger partial charge in [0, 0.05) is 0 Å². The van der Waals surface area contributed by atoms with Crippen LogP contribution >= 0.6 is 0 Å². The summed E-state index contributed by atoms with van der Waals surface area (Å²) in [5.41, 5.74) is 0. The third-order valence-corrected chi connectivity index (χ3v) is 5.46. The van der Waals surface area contributed by atoms with Crippen LogP contribution in [0.25, 0.3) is 0 Å². The first-order valence-electron chi connectivity index (χ1n) is 4.91. The van der Waals surface area contributed by atoms with Gasteiger partial charge in [-0.25, -0.2) is 0 Å². The van der Waals surface area contributed by atoms with Gasteiger partial charge < -0.3 is 0 Å². The first-order valence-corrected chi connectivity index (χ1v) is 7.68. The van der Waals surface area contributed by atoms with E-state index in [0.717, 1.165) is 29.2 Å². The molecule has 0 spiro atoms. The molecule has 0 radical (unpaired) electrons. The van der Waals surface area contributed by atoms with Crippen LogP contribution in [0.4, 0.5) is 0 Å². The Bertz CT molecular complexity index is 304. The van der Waals surface area contributed by atoms with Crippen LogP contribution < -0.4 is 4.46 Å². The summed E-state index contributed by atoms with van der Waals surface area (Å²) in [5, 5.41) is 0.740. The van der Waals surface area contributed by atoms with E-state index in [9.17, 15) is 3.83 Å². The molecule has 2 rings (SSSR count). The number of hydrogen-bond acceptors (Lipinski definition) is 2. The first-order chi connectivity index (χ1) is 6.86. The van der Waals surface area contributed by atoms with Crippen molar-refractivity contribution in [2.24, 2.45) is 0 Å². The zero-order chi connectivity index (χ0) is 9.80. The van der Waals surface area contributed by atoms with Crippen molar-refractivity contribution in [1.82, 2.24) is 0 Å². The molecule has 1 saturated heterocycles. The molecule has 0 bridgehead atoms. The van der Waals surface area contributed by atoms with Crippen LogP contribution in [0.2, 0.25) is 5.32 Å². The van der Waals surface area contributed by atoms with E-state index < -0.39 is 13.8 Å². The Morgan fingerprint density at radius 2 is 2.14 bits per heavy atom. The van der Waals surface area contributed by atoms with Gasteiger partial charge in [-0.2, -0.15) is 0 Å². The summed E-state index contributed by atoms with van der Waals surface area (Å²) in [6, 6.07) is 9.74. The van der Waals surface area contributed by atoms with E-state index in [1.54, 1.807) is 0 Å². The van der Waals surface area contributed by atoms with E-state index in [0.29, 0.717) is 0 Å². The molecule has 2 unspecified atom stereocenters. The topological polar surface area (TPSA) is 26.3 Å². The van der Waals surface area contributed by atoms with Gasteiger partial charge in [0.15, 0.2) is 0 Å². The third kappa shape index (κ3) is 2.50. The van der Waals surface area contributed by atoms with E-state index in [1.807, 2.05) is 30.3 Å². The summed E-state index contributed by atoms with van der Waals surface area (Å²) in [4.78, 5) is 0. The van der Waals surface area contributed by atoms with Crippen LogP contribution in [0.15, 0.2) is 30.3 Å². The van der Waals surface area contributed by atoms with Crippen molar-refractivity contribution in [2.75, 3.05) is 6.61 Å². The van der Waals surface area contributed by atoms with E-state index >= 15 is 0 Å². The van der Waals surface area contributed by atoms with E-state index in [1.165, 1.54) is 0 Å². The second-order valence-corrected chi connectivity index (χ2v) is 6.60. The fourth-order valence-corrected chi connectivity index (χ4v) is 4.24. The van der Waals surface area contributed by atoms with Crippen molar-refractivity contribution in [3.63, 3.8) is 0 Å². The average molecular weight is 257 g/mol. The average Bonchev–Trinajstić information content (AvgIpc) is 2.72. The molecule has 1 aliphatic heterocycles. The van der Waals surface area contributed by atoms with Gasteiger partial charge in [-0.1, -0.05) is 0 Å². The Labute approximate surface area is 88.4 Å². The van der Waals surface area contributed by atoms with Crippen LogP contribution in [-0.2, 0) is 8.57 Å². The molecule has 3 heteroatoms. The van der Waals surface area contributed by atoms with Gasteiger partial charge >= 0.3 is 88.1 Å². The standard InChI is InChI=1S/C11H14O2Se/c12-14(9-10-5-4-8-13-10)11-6-2-1-3-7-11/h1-3,6-7,10H,4-5,8-9H2. The van der Waals surface area contributed by atoms with Gasteiger partial charge in [-0.05, 0) is 0 Å². The quantitative estimate of drug-likeness (QED) is 0.767. The Morgan fingerprint density at radius 3 is 2.79 bits per heavy atom. The second-order valence-electron chi connectivity index (χ2n) is 3.46. The van der Waals surface area contributed by atoms with Crippen molar-refractivity contribution >= 4 is 18.3 Å². The van der Waals surface area contributed by atoms with Gasteiger partial charge in [-0.3, -0.25) is 0 Å². The Morgan fingerprint density at radius 1 is 1.36 bits per heavy atom. The molecule has 1 fully saturated rings. The van der Waals surface area contributed by atoms with Crippen LogP contribution in [0.5, 0.6) is 0 Å². The molecule has 1 heterocycles. The normalized spacial score (nSPS) is 23.6. The van der Waals surface area contributed by atoms with E-state index in [-0.39, 0.29) is 6.10 Å². The minimum absolute atomic E-state index is 0.248. The second kappa shape index (κ2) is 4.83. The van der Waals surface area contributed by atoms with Crippen molar-refractivity contribution < 1.29 is 8.57 Å². The molecular weight excluding hydrogens is 243 g/mol. The SMILES string of the molecule is O=[Se](CC1CCCO1)c1ccccc1. The summed E-state index contributed by atoms with van der Waals surface area (Å²) in [6.45, 7) is 0.846. The molecule has 0 amide bonds. The van der Waals surface area contributed by atoms with Crippen molar-refractivity contribution in [1.29, 1.82) is 0 Å². The van der Waals surface area contributed by atoms with Gasteiger partial charge in [0.05, 0.1) is 0 Å². The van der Waals surface area contributed by atoms with Crippen LogP contribution in [0.1, 0.15) is 12.8 Å². The fourth-order valence-electron chi connectivity index (χ4n) is 1.61. The van der Waals surface area contributed by atoms with Crippen molar-refractivity contribution in [3.05, 3.63) is 30.3 Å². The zero-order valence-corrected chi connectivity index (χ0v) is 9.73. The molecule has 14 heavy (non-hydrogen) atoms. The van der Waals surface area contributed by atoms with Gasteiger partial charge in [0.25, 0.3) is 0 Å². The summed E-state index contributed by atoms with van der Waals surface area (Å²) in [5.74, 6) is 0. The van der Waals surface area contributed by atoms with Gasteiger partial charge in [-0.15, -0.1) is 0 Å². The summed E-state index contributed by atoms with van der Waals surface area (Å²) >= 11 is -1.85. The fraction of sp³-hybridized carbons (Fsp3) is 0.455. The minimum atomic E-state index is -1.85. The molecule has 2 nitrogen and oxygen atoms in total. The molecular formula is C11H14O2Se. The maximum atomic E-state index is 11.9. The molecule has 2 atom stereocenters. The number of benzene rings is 1. The van der Waals surface area contributed by atoms with E-state index in [2.05, 4.69) is 0 Å². The monoisotopic (exact) mass is 258 g/mol. The first kappa shape index (κ1) is 10.0. The summed E-state index contributed by atoms with van der Waals surface area (Å²) in [6.07, 6.45) is 2.45. The van der Waals surface area contributed by atoms with Gasteiger partial charge in [0.1, 0.15) is 0 Å². The molecule has 0 saturated carbocycles. The third-order valence-electron chi connectivity index (χ3n) is 2.37. The molecule has 76 valence electrons. The molecule has 1 aromatic rings. The molecule has 0 aliphatic carbocycles. The van der Waals surface area contributed by atoms with Crippen molar-refractivity contribution in [3.8, 4) is 0 Å². The number of ether oxygens (including phenoxy) is 1. The Kier molecular flexibility index (Phi) is 3.46. The Hall–Kier alpha value is -0.501. The molecule has 1 aromatic carbocycles. The Balaban J connectivity index is 1.95. The van der Waals surface area contributed by atoms with Crippen molar-refractivity contribution in [2.45, 2.75) is 24.3 Å². The molecule has 0 aromatic heterocycles. The summed E-state index contributed by atoms with van der Waals surface area (Å²) < 4.78 is 18.4. The van der Waals surface area contributed by atoms with E-state index in [4.69, 9.17) is 4.74 Å². The maximum absolute atomic E-state index is 11.9. The van der Waals surface area contributed by atoms with Crippen LogP contribution in [0, 0.1) is 0 Å². The predicted molar refractivity (Wildman–Crippen MR) is 56.3 cm³/mol. The molecule has 0 N–H and O–H groups in total. The predicted octanol–water partition coefficient (Wildman–Crippen LogP) is 1.49. The zero-order valence-electron chi connectivity index (χ0n) is 8.02. The number of hydrogen-bond donors (Lipinski definition) is 0. The van der Waals surface area contributed by atoms with Crippen LogP contribution in [-0.4, -0.2) is 26.5 Å². The van der Waals surface area contributed by atoms with Gasteiger partial charge in [0.2, 0.25) is 0 Å². The summed E-state index contributed by atoms with van der Waals surface area (Å²) in [7, 11) is 0.